The van der Waals surface area contributed by atoms with Gasteiger partial charge in [-0.25, -0.2) is 0 Å². The molecule has 1 aliphatic carbocycles. The van der Waals surface area contributed by atoms with Gasteiger partial charge in [0.15, 0.2) is 0 Å². The maximum atomic E-state index is 5.91. The molecule has 2 heteroatoms. The fourth-order valence-corrected chi connectivity index (χ4v) is 2.43. The minimum atomic E-state index is 0.239. The Morgan fingerprint density at radius 2 is 1.94 bits per heavy atom. The zero-order valence-electron chi connectivity index (χ0n) is 10.5. The molecule has 17 heavy (non-hydrogen) atoms. The first-order valence-electron chi connectivity index (χ1n) is 6.64. The summed E-state index contributed by atoms with van der Waals surface area (Å²) in [5, 5.41) is 3.39. The fourth-order valence-electron chi connectivity index (χ4n) is 2.43. The lowest BCUT2D eigenvalue weighted by atomic mass is 9.76. The predicted octanol–water partition coefficient (Wildman–Crippen LogP) is 2.26. The van der Waals surface area contributed by atoms with E-state index >= 15 is 0 Å². The van der Waals surface area contributed by atoms with E-state index in [0.29, 0.717) is 0 Å². The second-order valence-corrected chi connectivity index (χ2v) is 5.71. The quantitative estimate of drug-likeness (QED) is 0.839. The van der Waals surface area contributed by atoms with Gasteiger partial charge in [-0.1, -0.05) is 29.8 Å². The van der Waals surface area contributed by atoms with Gasteiger partial charge in [-0.05, 0) is 31.2 Å². The Hall–Kier alpha value is -0.860. The summed E-state index contributed by atoms with van der Waals surface area (Å²) in [4.78, 5) is 0. The summed E-state index contributed by atoms with van der Waals surface area (Å²) in [6.07, 6.45) is 2.74. The van der Waals surface area contributed by atoms with Crippen molar-refractivity contribution in [3.05, 3.63) is 35.4 Å². The van der Waals surface area contributed by atoms with Crippen LogP contribution >= 0.6 is 0 Å². The number of hydrogen-bond donors (Lipinski definition) is 1. The monoisotopic (exact) mass is 231 g/mol. The Morgan fingerprint density at radius 1 is 1.24 bits per heavy atom. The Balaban J connectivity index is 1.65. The van der Waals surface area contributed by atoms with Crippen molar-refractivity contribution in [1.29, 1.82) is 0 Å². The highest BCUT2D eigenvalue weighted by molar-refractivity contribution is 5.32. The molecule has 0 atom stereocenters. The van der Waals surface area contributed by atoms with Crippen LogP contribution in [0.4, 0.5) is 0 Å². The molecule has 1 aliphatic heterocycles. The molecule has 0 spiro atoms. The van der Waals surface area contributed by atoms with Crippen molar-refractivity contribution in [1.82, 2.24) is 5.32 Å². The van der Waals surface area contributed by atoms with Crippen LogP contribution in [0.25, 0.3) is 0 Å². The molecule has 0 amide bonds. The zero-order valence-corrected chi connectivity index (χ0v) is 10.5. The summed E-state index contributed by atoms with van der Waals surface area (Å²) in [5.74, 6) is 0.859. The lowest BCUT2D eigenvalue weighted by molar-refractivity contribution is 0.0514. The van der Waals surface area contributed by atoms with Gasteiger partial charge in [-0.2, -0.15) is 0 Å². The first-order valence-corrected chi connectivity index (χ1v) is 6.64. The van der Waals surface area contributed by atoms with E-state index in [2.05, 4.69) is 36.5 Å². The largest absolute Gasteiger partial charge is 0.380 e. The van der Waals surface area contributed by atoms with Crippen LogP contribution in [0.5, 0.6) is 0 Å². The minimum absolute atomic E-state index is 0.239. The molecule has 2 aliphatic rings. The molecule has 1 saturated carbocycles. The average Bonchev–Trinajstić information content (AvgIpc) is 3.08. The van der Waals surface area contributed by atoms with Crippen LogP contribution in [0, 0.1) is 12.8 Å². The molecule has 1 heterocycles. The van der Waals surface area contributed by atoms with E-state index in [1.807, 2.05) is 0 Å². The summed E-state index contributed by atoms with van der Waals surface area (Å²) < 4.78 is 5.91. The molecular formula is C15H21NO. The van der Waals surface area contributed by atoms with Crippen LogP contribution in [0.15, 0.2) is 24.3 Å². The molecule has 1 aromatic rings. The van der Waals surface area contributed by atoms with Gasteiger partial charge >= 0.3 is 0 Å². The second-order valence-electron chi connectivity index (χ2n) is 5.71. The number of hydrogen-bond acceptors (Lipinski definition) is 2. The van der Waals surface area contributed by atoms with Crippen LogP contribution in [0.3, 0.4) is 0 Å². The number of nitrogens with one attached hydrogen (secondary N) is 1. The molecule has 3 rings (SSSR count). The van der Waals surface area contributed by atoms with Crippen molar-refractivity contribution in [2.24, 2.45) is 5.92 Å². The van der Waals surface area contributed by atoms with Crippen molar-refractivity contribution < 1.29 is 4.74 Å². The van der Waals surface area contributed by atoms with E-state index in [9.17, 15) is 0 Å². The second kappa shape index (κ2) is 4.43. The lowest BCUT2D eigenvalue weighted by Gasteiger charge is -2.43. The highest BCUT2D eigenvalue weighted by atomic mass is 16.5. The van der Waals surface area contributed by atoms with Gasteiger partial charge in [0, 0.05) is 25.1 Å². The highest BCUT2D eigenvalue weighted by Gasteiger charge is 2.39. The third-order valence-corrected chi connectivity index (χ3v) is 4.02. The van der Waals surface area contributed by atoms with Gasteiger partial charge in [0.2, 0.25) is 0 Å². The molecule has 0 bridgehead atoms. The number of benzene rings is 1. The number of aryl methyl sites for hydroxylation is 1. The van der Waals surface area contributed by atoms with Gasteiger partial charge < -0.3 is 10.1 Å². The summed E-state index contributed by atoms with van der Waals surface area (Å²) in [5.41, 5.74) is 3.00. The third-order valence-electron chi connectivity index (χ3n) is 4.02. The third kappa shape index (κ3) is 2.38. The Bertz CT molecular complexity index is 376. The van der Waals surface area contributed by atoms with Crippen molar-refractivity contribution in [2.75, 3.05) is 26.3 Å². The molecular weight excluding hydrogens is 210 g/mol. The van der Waals surface area contributed by atoms with E-state index in [4.69, 9.17) is 4.74 Å². The highest BCUT2D eigenvalue weighted by Crippen LogP contribution is 2.32. The average molecular weight is 231 g/mol. The Morgan fingerprint density at radius 3 is 2.47 bits per heavy atom. The van der Waals surface area contributed by atoms with E-state index in [-0.39, 0.29) is 5.41 Å². The topological polar surface area (TPSA) is 21.3 Å². The predicted molar refractivity (Wildman–Crippen MR) is 69.3 cm³/mol. The number of ether oxygens (including phenoxy) is 1. The van der Waals surface area contributed by atoms with Gasteiger partial charge in [0.05, 0.1) is 6.61 Å². The van der Waals surface area contributed by atoms with E-state index in [1.54, 1.807) is 0 Å². The van der Waals surface area contributed by atoms with Crippen LogP contribution in [-0.2, 0) is 10.2 Å². The molecule has 2 fully saturated rings. The van der Waals surface area contributed by atoms with Gasteiger partial charge in [-0.3, -0.25) is 0 Å². The van der Waals surface area contributed by atoms with Crippen molar-refractivity contribution in [3.8, 4) is 0 Å². The molecule has 0 aromatic heterocycles. The van der Waals surface area contributed by atoms with Crippen molar-refractivity contribution in [3.63, 3.8) is 0 Å². The summed E-state index contributed by atoms with van der Waals surface area (Å²) in [6, 6.07) is 8.93. The first-order chi connectivity index (χ1) is 8.28. The summed E-state index contributed by atoms with van der Waals surface area (Å²) >= 11 is 0. The normalized spacial score (nSPS) is 22.2. The maximum absolute atomic E-state index is 5.91. The number of rotatable bonds is 5. The standard InChI is InChI=1S/C15H21NO/c1-12-2-6-14(7-3-12)15(9-16-10-15)11-17-8-13-4-5-13/h2-3,6-7,13,16H,4-5,8-11H2,1H3. The summed E-state index contributed by atoms with van der Waals surface area (Å²) in [7, 11) is 0. The van der Waals surface area contributed by atoms with E-state index in [0.717, 1.165) is 32.2 Å². The van der Waals surface area contributed by atoms with Crippen LogP contribution < -0.4 is 5.32 Å². The fraction of sp³-hybridized carbons (Fsp3) is 0.600. The Kier molecular flexibility index (Phi) is 2.93. The smallest absolute Gasteiger partial charge is 0.0587 e. The van der Waals surface area contributed by atoms with Crippen LogP contribution in [0.1, 0.15) is 24.0 Å². The van der Waals surface area contributed by atoms with Crippen molar-refractivity contribution >= 4 is 0 Å². The maximum Gasteiger partial charge on any atom is 0.0587 e. The van der Waals surface area contributed by atoms with Gasteiger partial charge in [0.1, 0.15) is 0 Å². The van der Waals surface area contributed by atoms with E-state index in [1.165, 1.54) is 24.0 Å². The molecule has 1 aromatic carbocycles. The van der Waals surface area contributed by atoms with Crippen LogP contribution in [0.2, 0.25) is 0 Å². The Labute approximate surface area is 103 Å². The van der Waals surface area contributed by atoms with Gasteiger partial charge in [-0.15, -0.1) is 0 Å². The minimum Gasteiger partial charge on any atom is -0.380 e. The van der Waals surface area contributed by atoms with Crippen molar-refractivity contribution in [2.45, 2.75) is 25.2 Å². The summed E-state index contributed by atoms with van der Waals surface area (Å²) in [6.45, 7) is 6.09. The zero-order chi connectivity index (χ0) is 11.7. The van der Waals surface area contributed by atoms with Gasteiger partial charge in [0.25, 0.3) is 0 Å². The molecule has 0 unspecified atom stereocenters. The SMILES string of the molecule is Cc1ccc(C2(COCC3CC3)CNC2)cc1. The first kappa shape index (κ1) is 11.2. The molecule has 0 radical (unpaired) electrons. The molecule has 1 N–H and O–H groups in total. The molecule has 92 valence electrons. The molecule has 1 saturated heterocycles. The van der Waals surface area contributed by atoms with E-state index < -0.39 is 0 Å². The molecule has 2 nitrogen and oxygen atoms in total. The lowest BCUT2D eigenvalue weighted by Crippen LogP contribution is -2.59. The van der Waals surface area contributed by atoms with Crippen LogP contribution in [-0.4, -0.2) is 26.3 Å².